The summed E-state index contributed by atoms with van der Waals surface area (Å²) >= 11 is 0. The molecule has 6 N–H and O–H groups in total. The number of anilines is 3. The Morgan fingerprint density at radius 2 is 2.24 bits per heavy atom. The second-order valence-corrected chi connectivity index (χ2v) is 5.73. The summed E-state index contributed by atoms with van der Waals surface area (Å²) in [6.45, 7) is 1.36. The summed E-state index contributed by atoms with van der Waals surface area (Å²) in [5, 5.41) is 11.6. The molecule has 3 rings (SSSR count). The van der Waals surface area contributed by atoms with Crippen LogP contribution in [0.1, 0.15) is 18.4 Å². The molecule has 25 heavy (non-hydrogen) atoms. The van der Waals surface area contributed by atoms with Crippen LogP contribution < -0.4 is 21.5 Å². The predicted octanol–water partition coefficient (Wildman–Crippen LogP) is 0.349. The number of hydrogen-bond acceptors (Lipinski definition) is 9. The van der Waals surface area contributed by atoms with Crippen LogP contribution in [0.4, 0.5) is 17.5 Å². The van der Waals surface area contributed by atoms with Gasteiger partial charge in [0.2, 0.25) is 0 Å². The standard InChI is InChI=1S/C15H21N9O/c1-25-15-19-5-4-10(23-15)22-14-11(12(17)20-8-21-14)13(18)24-6-2-3-9(16)7-24/h4-5,8-9,18H,2-3,6-7,16H2,1H3,(H3,17,19,20,21,22,23)/t9-/m1/s1. The second kappa shape index (κ2) is 7.26. The number of nitrogens with two attached hydrogens (primary N) is 2. The molecule has 0 aliphatic carbocycles. The highest BCUT2D eigenvalue weighted by molar-refractivity contribution is 6.05. The van der Waals surface area contributed by atoms with Crippen LogP contribution in [0.2, 0.25) is 0 Å². The molecule has 0 unspecified atom stereocenters. The third-order valence-electron chi connectivity index (χ3n) is 3.95. The molecule has 1 aliphatic heterocycles. The Morgan fingerprint density at radius 3 is 3.00 bits per heavy atom. The average molecular weight is 343 g/mol. The number of methoxy groups -OCH3 is 1. The van der Waals surface area contributed by atoms with Crippen LogP contribution >= 0.6 is 0 Å². The number of likely N-dealkylation sites (tertiary alicyclic amines) is 1. The third kappa shape index (κ3) is 3.74. The second-order valence-electron chi connectivity index (χ2n) is 5.73. The highest BCUT2D eigenvalue weighted by atomic mass is 16.5. The Labute approximate surface area is 145 Å². The van der Waals surface area contributed by atoms with Gasteiger partial charge in [-0.3, -0.25) is 5.41 Å². The summed E-state index contributed by atoms with van der Waals surface area (Å²) in [4.78, 5) is 18.3. The minimum absolute atomic E-state index is 0.0440. The molecular formula is C15H21N9O. The molecule has 10 nitrogen and oxygen atoms in total. The van der Waals surface area contributed by atoms with Gasteiger partial charge in [0.25, 0.3) is 0 Å². The SMILES string of the molecule is COc1nccc(Nc2ncnc(N)c2C(=N)N2CCC[C@@H](N)C2)n1. The number of hydrogen-bond donors (Lipinski definition) is 4. The van der Waals surface area contributed by atoms with Crippen molar-refractivity contribution in [3.63, 3.8) is 0 Å². The summed E-state index contributed by atoms with van der Waals surface area (Å²) in [6, 6.07) is 1.94. The molecule has 0 radical (unpaired) electrons. The van der Waals surface area contributed by atoms with Crippen molar-refractivity contribution in [2.45, 2.75) is 18.9 Å². The number of nitrogens with zero attached hydrogens (tertiary/aromatic N) is 5. The summed E-state index contributed by atoms with van der Waals surface area (Å²) in [5.41, 5.74) is 12.5. The highest BCUT2D eigenvalue weighted by Gasteiger charge is 2.24. The largest absolute Gasteiger partial charge is 0.467 e. The lowest BCUT2D eigenvalue weighted by Crippen LogP contribution is -2.46. The predicted molar refractivity (Wildman–Crippen MR) is 93.9 cm³/mol. The molecule has 2 aromatic rings. The van der Waals surface area contributed by atoms with Gasteiger partial charge in [-0.25, -0.2) is 15.0 Å². The maximum absolute atomic E-state index is 8.55. The first kappa shape index (κ1) is 16.8. The number of amidine groups is 1. The lowest BCUT2D eigenvalue weighted by atomic mass is 10.1. The Morgan fingerprint density at radius 1 is 1.40 bits per heavy atom. The van der Waals surface area contributed by atoms with E-state index in [1.165, 1.54) is 13.4 Å². The van der Waals surface area contributed by atoms with Crippen LogP contribution in [0.15, 0.2) is 18.6 Å². The summed E-state index contributed by atoms with van der Waals surface area (Å²) < 4.78 is 5.02. The molecule has 1 aliphatic rings. The third-order valence-corrected chi connectivity index (χ3v) is 3.95. The van der Waals surface area contributed by atoms with Gasteiger partial charge >= 0.3 is 6.01 Å². The van der Waals surface area contributed by atoms with Crippen molar-refractivity contribution in [3.05, 3.63) is 24.2 Å². The van der Waals surface area contributed by atoms with Crippen LogP contribution in [-0.4, -0.2) is 56.9 Å². The molecule has 1 saturated heterocycles. The van der Waals surface area contributed by atoms with Crippen molar-refractivity contribution in [2.75, 3.05) is 31.2 Å². The van der Waals surface area contributed by atoms with E-state index in [0.717, 1.165) is 19.4 Å². The van der Waals surface area contributed by atoms with E-state index in [1.54, 1.807) is 12.3 Å². The van der Waals surface area contributed by atoms with Crippen LogP contribution in [0.3, 0.4) is 0 Å². The number of nitrogen functional groups attached to an aromatic ring is 1. The van der Waals surface area contributed by atoms with Gasteiger partial charge in [-0.1, -0.05) is 0 Å². The zero-order valence-corrected chi connectivity index (χ0v) is 13.9. The smallest absolute Gasteiger partial charge is 0.318 e. The van der Waals surface area contributed by atoms with Gasteiger partial charge in [0.15, 0.2) is 0 Å². The number of rotatable bonds is 4. The monoisotopic (exact) mass is 343 g/mol. The van der Waals surface area contributed by atoms with Crippen molar-refractivity contribution in [3.8, 4) is 6.01 Å². The molecule has 1 atom stereocenters. The van der Waals surface area contributed by atoms with E-state index >= 15 is 0 Å². The molecule has 3 heterocycles. The first-order valence-corrected chi connectivity index (χ1v) is 7.92. The van der Waals surface area contributed by atoms with Crippen molar-refractivity contribution in [2.24, 2.45) is 5.73 Å². The first-order chi connectivity index (χ1) is 12.1. The number of ether oxygens (including phenoxy) is 1. The normalized spacial score (nSPS) is 17.2. The van der Waals surface area contributed by atoms with Crippen molar-refractivity contribution >= 4 is 23.3 Å². The van der Waals surface area contributed by atoms with E-state index < -0.39 is 0 Å². The molecule has 132 valence electrons. The summed E-state index contributed by atoms with van der Waals surface area (Å²) in [7, 11) is 1.49. The molecule has 0 bridgehead atoms. The van der Waals surface area contributed by atoms with E-state index in [-0.39, 0.29) is 23.7 Å². The topological polar surface area (TPSA) is 152 Å². The molecule has 10 heteroatoms. The van der Waals surface area contributed by atoms with E-state index in [0.29, 0.717) is 23.7 Å². The molecular weight excluding hydrogens is 322 g/mol. The fourth-order valence-electron chi connectivity index (χ4n) is 2.73. The Kier molecular flexibility index (Phi) is 4.89. The van der Waals surface area contributed by atoms with Crippen LogP contribution in [0.5, 0.6) is 6.01 Å². The molecule has 0 saturated carbocycles. The average Bonchev–Trinajstić information content (AvgIpc) is 2.61. The fourth-order valence-corrected chi connectivity index (χ4v) is 2.73. The summed E-state index contributed by atoms with van der Waals surface area (Å²) in [5.74, 6) is 1.35. The zero-order chi connectivity index (χ0) is 17.8. The van der Waals surface area contributed by atoms with E-state index in [2.05, 4.69) is 25.3 Å². The fraction of sp³-hybridized carbons (Fsp3) is 0.400. The van der Waals surface area contributed by atoms with Crippen LogP contribution in [0.25, 0.3) is 0 Å². The molecule has 2 aromatic heterocycles. The van der Waals surface area contributed by atoms with Gasteiger partial charge in [-0.15, -0.1) is 0 Å². The Bertz CT molecular complexity index is 766. The van der Waals surface area contributed by atoms with E-state index in [1.807, 2.05) is 4.90 Å². The van der Waals surface area contributed by atoms with Gasteiger partial charge < -0.3 is 26.4 Å². The van der Waals surface area contributed by atoms with Gasteiger partial charge in [-0.2, -0.15) is 4.98 Å². The zero-order valence-electron chi connectivity index (χ0n) is 13.9. The van der Waals surface area contributed by atoms with Crippen molar-refractivity contribution < 1.29 is 4.74 Å². The Balaban J connectivity index is 1.90. The summed E-state index contributed by atoms with van der Waals surface area (Å²) in [6.07, 6.45) is 4.79. The van der Waals surface area contributed by atoms with Crippen LogP contribution in [-0.2, 0) is 0 Å². The number of nitrogens with one attached hydrogen (secondary N) is 2. The van der Waals surface area contributed by atoms with Crippen LogP contribution in [0, 0.1) is 5.41 Å². The lowest BCUT2D eigenvalue weighted by molar-refractivity contribution is 0.308. The first-order valence-electron chi connectivity index (χ1n) is 7.92. The number of piperidine rings is 1. The minimum atomic E-state index is 0.0440. The molecule has 0 aromatic carbocycles. The Hall–Kier alpha value is -3.01. The maximum Gasteiger partial charge on any atom is 0.318 e. The highest BCUT2D eigenvalue weighted by Crippen LogP contribution is 2.24. The molecule has 1 fully saturated rings. The quantitative estimate of drug-likeness (QED) is 0.455. The van der Waals surface area contributed by atoms with Gasteiger partial charge in [0.1, 0.15) is 35.2 Å². The lowest BCUT2D eigenvalue weighted by Gasteiger charge is -2.33. The van der Waals surface area contributed by atoms with Gasteiger partial charge in [-0.05, 0) is 18.9 Å². The molecule has 0 amide bonds. The van der Waals surface area contributed by atoms with Crippen molar-refractivity contribution in [1.29, 1.82) is 5.41 Å². The van der Waals surface area contributed by atoms with E-state index in [9.17, 15) is 0 Å². The van der Waals surface area contributed by atoms with Crippen molar-refractivity contribution in [1.82, 2.24) is 24.8 Å². The van der Waals surface area contributed by atoms with Gasteiger partial charge in [0.05, 0.1) is 7.11 Å². The molecule has 0 spiro atoms. The minimum Gasteiger partial charge on any atom is -0.467 e. The maximum atomic E-state index is 8.55. The van der Waals surface area contributed by atoms with E-state index in [4.69, 9.17) is 21.6 Å². The van der Waals surface area contributed by atoms with Gasteiger partial charge in [0, 0.05) is 25.3 Å². The number of aromatic nitrogens is 4.